The summed E-state index contributed by atoms with van der Waals surface area (Å²) in [6, 6.07) is 2.22. The molecule has 0 bridgehead atoms. The molecule has 1 atom stereocenters. The summed E-state index contributed by atoms with van der Waals surface area (Å²) < 4.78 is 38.1. The average Bonchev–Trinajstić information content (AvgIpc) is 2.05. The second-order valence-electron chi connectivity index (χ2n) is 3.68. The number of nitrogens with one attached hydrogen (secondary N) is 1. The Kier molecular flexibility index (Phi) is 2.88. The van der Waals surface area contributed by atoms with Gasteiger partial charge in [0.2, 0.25) is 0 Å². The number of halogens is 4. The summed E-state index contributed by atoms with van der Waals surface area (Å²) in [6.07, 6.45) is -3.80. The molecule has 1 aromatic rings. The maximum absolute atomic E-state index is 12.6. The van der Waals surface area contributed by atoms with Crippen LogP contribution in [0.3, 0.4) is 0 Å². The van der Waals surface area contributed by atoms with Crippen molar-refractivity contribution in [3.63, 3.8) is 0 Å². The van der Waals surface area contributed by atoms with Crippen LogP contribution in [0.2, 0.25) is 0 Å². The van der Waals surface area contributed by atoms with E-state index >= 15 is 0 Å². The summed E-state index contributed by atoms with van der Waals surface area (Å²) >= 11 is 3.02. The van der Waals surface area contributed by atoms with E-state index < -0.39 is 17.5 Å². The smallest absolute Gasteiger partial charge is 0.420 e. The van der Waals surface area contributed by atoms with Crippen molar-refractivity contribution in [2.75, 3.05) is 6.54 Å². The van der Waals surface area contributed by atoms with Gasteiger partial charge in [-0.05, 0) is 25.1 Å². The third-order valence-electron chi connectivity index (χ3n) is 2.61. The highest BCUT2D eigenvalue weighted by Gasteiger charge is 2.36. The summed E-state index contributed by atoms with van der Waals surface area (Å²) in [4.78, 5) is 0. The van der Waals surface area contributed by atoms with Crippen LogP contribution in [0.5, 0.6) is 5.75 Å². The van der Waals surface area contributed by atoms with Gasteiger partial charge < -0.3 is 10.4 Å². The first kappa shape index (κ1) is 11.7. The monoisotopic (exact) mass is 295 g/mol. The zero-order valence-corrected chi connectivity index (χ0v) is 9.69. The molecule has 0 amide bonds. The van der Waals surface area contributed by atoms with Gasteiger partial charge >= 0.3 is 6.18 Å². The number of hydrogen-bond acceptors (Lipinski definition) is 2. The van der Waals surface area contributed by atoms with E-state index in [1.807, 2.05) is 0 Å². The Morgan fingerprint density at radius 3 is 2.44 bits per heavy atom. The van der Waals surface area contributed by atoms with Crippen molar-refractivity contribution in [2.45, 2.75) is 18.6 Å². The van der Waals surface area contributed by atoms with Gasteiger partial charge in [-0.25, -0.2) is 0 Å². The van der Waals surface area contributed by atoms with E-state index in [1.165, 1.54) is 6.07 Å². The van der Waals surface area contributed by atoms with E-state index in [2.05, 4.69) is 21.2 Å². The Bertz CT molecular complexity index is 415. The van der Waals surface area contributed by atoms with Crippen LogP contribution in [0.25, 0.3) is 0 Å². The molecular weight excluding hydrogens is 287 g/mol. The molecule has 0 saturated carbocycles. The van der Waals surface area contributed by atoms with Gasteiger partial charge in [-0.1, -0.05) is 15.9 Å². The third-order valence-corrected chi connectivity index (χ3v) is 3.07. The van der Waals surface area contributed by atoms with Gasteiger partial charge in [0.15, 0.2) is 0 Å². The van der Waals surface area contributed by atoms with Gasteiger partial charge in [-0.2, -0.15) is 13.2 Å². The number of rotatable bonds is 1. The molecule has 1 aliphatic heterocycles. The van der Waals surface area contributed by atoms with Crippen LogP contribution in [-0.2, 0) is 6.18 Å². The minimum atomic E-state index is -4.54. The summed E-state index contributed by atoms with van der Waals surface area (Å²) in [5.74, 6) is -0.673. The van der Waals surface area contributed by atoms with Crippen molar-refractivity contribution in [1.29, 1.82) is 0 Å². The Hall–Kier alpha value is -0.750. The Morgan fingerprint density at radius 1 is 1.38 bits per heavy atom. The Balaban J connectivity index is 2.50. The van der Waals surface area contributed by atoms with Crippen molar-refractivity contribution in [1.82, 2.24) is 5.32 Å². The molecule has 1 aromatic carbocycles. The summed E-state index contributed by atoms with van der Waals surface area (Å²) in [5, 5.41) is 12.6. The molecule has 6 heteroatoms. The number of phenols is 1. The predicted molar refractivity (Wildman–Crippen MR) is 56.2 cm³/mol. The topological polar surface area (TPSA) is 32.3 Å². The van der Waals surface area contributed by atoms with E-state index in [1.54, 1.807) is 0 Å². The molecule has 2 N–H and O–H groups in total. The highest BCUT2D eigenvalue weighted by molar-refractivity contribution is 9.10. The third kappa shape index (κ3) is 2.04. The fraction of sp³-hybridized carbons (Fsp3) is 0.400. The minimum Gasteiger partial charge on any atom is -0.507 e. The van der Waals surface area contributed by atoms with E-state index in [0.717, 1.165) is 19.0 Å². The standard InChI is InChI=1S/C10H9BrF3NO/c11-5-3-6(8-1-2-15-8)9(16)7(4-5)10(12,13)14/h3-4,8,15-16H,1-2H2/t8-/m0/s1. The maximum Gasteiger partial charge on any atom is 0.420 e. The lowest BCUT2D eigenvalue weighted by Crippen LogP contribution is -2.35. The van der Waals surface area contributed by atoms with Crippen molar-refractivity contribution in [3.8, 4) is 5.75 Å². The SMILES string of the molecule is Oc1c([C@@H]2CCN2)cc(Br)cc1C(F)(F)F. The zero-order valence-electron chi connectivity index (χ0n) is 8.11. The van der Waals surface area contributed by atoms with E-state index in [0.29, 0.717) is 10.0 Å². The van der Waals surface area contributed by atoms with Gasteiger partial charge in [-0.3, -0.25) is 0 Å². The van der Waals surface area contributed by atoms with Crippen LogP contribution in [0, 0.1) is 0 Å². The molecule has 0 unspecified atom stereocenters. The normalized spacial score (nSPS) is 20.6. The quantitative estimate of drug-likeness (QED) is 0.834. The van der Waals surface area contributed by atoms with E-state index in [4.69, 9.17) is 0 Å². The summed E-state index contributed by atoms with van der Waals surface area (Å²) in [5.41, 5.74) is -0.696. The number of phenolic OH excluding ortho intramolecular Hbond substituents is 1. The van der Waals surface area contributed by atoms with E-state index in [-0.39, 0.29) is 6.04 Å². The minimum absolute atomic E-state index is 0.182. The van der Waals surface area contributed by atoms with Gasteiger partial charge in [0.1, 0.15) is 5.75 Å². The summed E-state index contributed by atoms with van der Waals surface area (Å²) in [7, 11) is 0. The number of alkyl halides is 3. The van der Waals surface area contributed by atoms with Crippen molar-refractivity contribution in [3.05, 3.63) is 27.7 Å². The van der Waals surface area contributed by atoms with Crippen LogP contribution >= 0.6 is 15.9 Å². The van der Waals surface area contributed by atoms with Crippen LogP contribution in [0.15, 0.2) is 16.6 Å². The first-order valence-corrected chi connectivity index (χ1v) is 5.52. The molecule has 1 saturated heterocycles. The molecule has 0 aliphatic carbocycles. The number of aromatic hydroxyl groups is 1. The molecule has 0 aromatic heterocycles. The molecule has 16 heavy (non-hydrogen) atoms. The van der Waals surface area contributed by atoms with Crippen LogP contribution in [-0.4, -0.2) is 11.7 Å². The van der Waals surface area contributed by atoms with Gasteiger partial charge in [0, 0.05) is 16.1 Å². The molecule has 88 valence electrons. The van der Waals surface area contributed by atoms with E-state index in [9.17, 15) is 18.3 Å². The lowest BCUT2D eigenvalue weighted by atomic mass is 9.95. The molecule has 2 rings (SSSR count). The Morgan fingerprint density at radius 2 is 2.00 bits per heavy atom. The molecule has 2 nitrogen and oxygen atoms in total. The highest BCUT2D eigenvalue weighted by Crippen LogP contribution is 2.42. The fourth-order valence-electron chi connectivity index (χ4n) is 1.66. The maximum atomic E-state index is 12.6. The first-order valence-electron chi connectivity index (χ1n) is 4.72. The predicted octanol–water partition coefficient (Wildman–Crippen LogP) is 3.21. The Labute approximate surface area is 98.6 Å². The van der Waals surface area contributed by atoms with Gasteiger partial charge in [0.25, 0.3) is 0 Å². The molecule has 0 radical (unpaired) electrons. The molecule has 1 fully saturated rings. The van der Waals surface area contributed by atoms with Crippen LogP contribution < -0.4 is 5.32 Å². The first-order chi connectivity index (χ1) is 7.39. The molecule has 1 heterocycles. The fourth-order valence-corrected chi connectivity index (χ4v) is 2.13. The van der Waals surface area contributed by atoms with Crippen molar-refractivity contribution >= 4 is 15.9 Å². The van der Waals surface area contributed by atoms with Crippen molar-refractivity contribution in [2.24, 2.45) is 0 Å². The lowest BCUT2D eigenvalue weighted by Gasteiger charge is -2.29. The number of hydrogen-bond donors (Lipinski definition) is 2. The summed E-state index contributed by atoms with van der Waals surface area (Å²) in [6.45, 7) is 0.762. The lowest BCUT2D eigenvalue weighted by molar-refractivity contribution is -0.138. The van der Waals surface area contributed by atoms with Gasteiger partial charge in [-0.15, -0.1) is 0 Å². The highest BCUT2D eigenvalue weighted by atomic mass is 79.9. The second kappa shape index (κ2) is 3.92. The van der Waals surface area contributed by atoms with Crippen molar-refractivity contribution < 1.29 is 18.3 Å². The van der Waals surface area contributed by atoms with Gasteiger partial charge in [0.05, 0.1) is 5.56 Å². The number of benzene rings is 1. The average molecular weight is 296 g/mol. The largest absolute Gasteiger partial charge is 0.507 e. The molecular formula is C10H9BrF3NO. The molecule has 1 aliphatic rings. The molecule has 0 spiro atoms. The van der Waals surface area contributed by atoms with Crippen LogP contribution in [0.4, 0.5) is 13.2 Å². The van der Waals surface area contributed by atoms with Crippen LogP contribution in [0.1, 0.15) is 23.6 Å². The zero-order chi connectivity index (χ0) is 11.9. The second-order valence-corrected chi connectivity index (χ2v) is 4.60.